The van der Waals surface area contributed by atoms with Gasteiger partial charge < -0.3 is 10.6 Å². The lowest BCUT2D eigenvalue weighted by molar-refractivity contribution is -0.137. The van der Waals surface area contributed by atoms with Gasteiger partial charge >= 0.3 is 11.8 Å². The van der Waals surface area contributed by atoms with E-state index in [2.05, 4.69) is 38.3 Å². The van der Waals surface area contributed by atoms with Crippen molar-refractivity contribution in [2.75, 3.05) is 5.32 Å². The van der Waals surface area contributed by atoms with Gasteiger partial charge in [-0.2, -0.15) is 0 Å². The fraction of sp³-hybridized carbons (Fsp3) is 0.600. The minimum atomic E-state index is -0.627. The Morgan fingerprint density at radius 1 is 0.958 bits per heavy atom. The van der Waals surface area contributed by atoms with Crippen LogP contribution in [0.5, 0.6) is 0 Å². The Bertz CT molecular complexity index is 554. The second-order valence-electron chi connectivity index (χ2n) is 8.33. The minimum absolute atomic E-state index is 0.0710. The molecule has 0 aliphatic heterocycles. The Labute approximate surface area is 146 Å². The van der Waals surface area contributed by atoms with Gasteiger partial charge in [-0.25, -0.2) is 0 Å². The molecule has 0 fully saturated rings. The predicted octanol–water partition coefficient (Wildman–Crippen LogP) is 4.30. The molecule has 4 nitrogen and oxygen atoms in total. The van der Waals surface area contributed by atoms with E-state index >= 15 is 0 Å². The van der Waals surface area contributed by atoms with Crippen molar-refractivity contribution in [1.82, 2.24) is 5.32 Å². The van der Waals surface area contributed by atoms with E-state index < -0.39 is 17.4 Å². The summed E-state index contributed by atoms with van der Waals surface area (Å²) in [6, 6.07) is 7.67. The fourth-order valence-corrected chi connectivity index (χ4v) is 3.06. The maximum absolute atomic E-state index is 12.1. The lowest BCUT2D eigenvalue weighted by atomic mass is 9.82. The van der Waals surface area contributed by atoms with Gasteiger partial charge in [-0.3, -0.25) is 9.59 Å². The van der Waals surface area contributed by atoms with Gasteiger partial charge in [0.2, 0.25) is 0 Å². The van der Waals surface area contributed by atoms with Gasteiger partial charge in [-0.05, 0) is 56.2 Å². The molecule has 2 amide bonds. The molecular weight excluding hydrogens is 300 g/mol. The molecule has 0 radical (unpaired) electrons. The molecule has 0 saturated heterocycles. The first-order valence-corrected chi connectivity index (χ1v) is 8.75. The average molecular weight is 332 g/mol. The smallest absolute Gasteiger partial charge is 0.313 e. The van der Waals surface area contributed by atoms with Crippen LogP contribution in [0.2, 0.25) is 0 Å². The van der Waals surface area contributed by atoms with Crippen LogP contribution in [0.4, 0.5) is 5.69 Å². The number of anilines is 1. The normalized spacial score (nSPS) is 11.9. The van der Waals surface area contributed by atoms with Gasteiger partial charge in [0.25, 0.3) is 0 Å². The number of amides is 2. The van der Waals surface area contributed by atoms with Crippen LogP contribution in [0.1, 0.15) is 66.4 Å². The topological polar surface area (TPSA) is 58.2 Å². The van der Waals surface area contributed by atoms with Crippen LogP contribution >= 0.6 is 0 Å². The second kappa shape index (κ2) is 8.32. The molecule has 0 unspecified atom stereocenters. The van der Waals surface area contributed by atoms with Gasteiger partial charge in [-0.15, -0.1) is 0 Å². The summed E-state index contributed by atoms with van der Waals surface area (Å²) in [6.07, 6.45) is 4.12. The second-order valence-corrected chi connectivity index (χ2v) is 8.33. The summed E-state index contributed by atoms with van der Waals surface area (Å²) in [4.78, 5) is 24.2. The maximum atomic E-state index is 12.1. The van der Waals surface area contributed by atoms with E-state index in [1.165, 1.54) is 5.56 Å². The molecular formula is C20H32N2O2. The number of hydrogen-bond donors (Lipinski definition) is 2. The van der Waals surface area contributed by atoms with Crippen molar-refractivity contribution in [3.05, 3.63) is 29.8 Å². The lowest BCUT2D eigenvalue weighted by Gasteiger charge is -2.33. The van der Waals surface area contributed by atoms with Gasteiger partial charge in [0.05, 0.1) is 0 Å². The Morgan fingerprint density at radius 2 is 1.54 bits per heavy atom. The highest BCUT2D eigenvalue weighted by molar-refractivity contribution is 6.39. The number of aryl methyl sites for hydroxylation is 1. The van der Waals surface area contributed by atoms with Gasteiger partial charge in [0.15, 0.2) is 0 Å². The maximum Gasteiger partial charge on any atom is 0.313 e. The summed E-state index contributed by atoms with van der Waals surface area (Å²) >= 11 is 0. The van der Waals surface area contributed by atoms with Crippen molar-refractivity contribution in [2.24, 2.45) is 5.41 Å². The summed E-state index contributed by atoms with van der Waals surface area (Å²) in [5.74, 6) is -1.22. The zero-order valence-electron chi connectivity index (χ0n) is 16.0. The van der Waals surface area contributed by atoms with Crippen LogP contribution in [-0.4, -0.2) is 17.4 Å². The Balaban J connectivity index is 2.59. The lowest BCUT2D eigenvalue weighted by Crippen LogP contribution is -2.49. The predicted molar refractivity (Wildman–Crippen MR) is 100.0 cm³/mol. The van der Waals surface area contributed by atoms with E-state index in [4.69, 9.17) is 0 Å². The number of nitrogens with one attached hydrogen (secondary N) is 2. The minimum Gasteiger partial charge on any atom is -0.343 e. The first-order valence-electron chi connectivity index (χ1n) is 8.75. The highest BCUT2D eigenvalue weighted by atomic mass is 16.2. The average Bonchev–Trinajstić information content (AvgIpc) is 2.43. The quantitative estimate of drug-likeness (QED) is 0.763. The van der Waals surface area contributed by atoms with E-state index in [0.717, 1.165) is 25.7 Å². The number of hydrogen-bond acceptors (Lipinski definition) is 2. The summed E-state index contributed by atoms with van der Waals surface area (Å²) in [6.45, 7) is 12.4. The molecule has 0 heterocycles. The molecule has 1 aromatic rings. The van der Waals surface area contributed by atoms with E-state index in [1.54, 1.807) is 0 Å². The van der Waals surface area contributed by atoms with E-state index in [-0.39, 0.29) is 5.41 Å². The van der Waals surface area contributed by atoms with Crippen molar-refractivity contribution in [2.45, 2.75) is 72.8 Å². The number of carbonyl (C=O) groups is 2. The first-order chi connectivity index (χ1) is 11.0. The highest BCUT2D eigenvalue weighted by Gasteiger charge is 2.29. The van der Waals surface area contributed by atoms with Gasteiger partial charge in [0.1, 0.15) is 0 Å². The van der Waals surface area contributed by atoms with E-state index in [0.29, 0.717) is 5.69 Å². The molecule has 134 valence electrons. The number of rotatable bonds is 6. The summed E-state index contributed by atoms with van der Waals surface area (Å²) in [5, 5.41) is 5.48. The molecule has 0 spiro atoms. The van der Waals surface area contributed by atoms with Crippen LogP contribution in [-0.2, 0) is 16.0 Å². The fourth-order valence-electron chi connectivity index (χ4n) is 3.06. The van der Waals surface area contributed by atoms with Crippen LogP contribution in [0.15, 0.2) is 24.3 Å². The largest absolute Gasteiger partial charge is 0.343 e. The Hall–Kier alpha value is -1.84. The standard InChI is InChI=1S/C20H32N2O2/c1-7-8-9-15-10-12-16(13-11-15)21-17(23)18(24)22-20(5,6)14-19(2,3)4/h10-13H,7-9,14H2,1-6H3,(H,21,23)(H,22,24). The molecule has 0 bridgehead atoms. The van der Waals surface area contributed by atoms with Crippen molar-refractivity contribution in [3.8, 4) is 0 Å². The molecule has 1 aromatic carbocycles. The molecule has 0 aromatic heterocycles. The molecule has 0 aliphatic carbocycles. The third-order valence-corrected chi connectivity index (χ3v) is 3.66. The molecule has 24 heavy (non-hydrogen) atoms. The van der Waals surface area contributed by atoms with Crippen LogP contribution in [0.25, 0.3) is 0 Å². The summed E-state index contributed by atoms with van der Waals surface area (Å²) in [5.41, 5.74) is 1.52. The first kappa shape index (κ1) is 20.2. The molecule has 0 saturated carbocycles. The Morgan fingerprint density at radius 3 is 2.04 bits per heavy atom. The van der Waals surface area contributed by atoms with Crippen molar-refractivity contribution >= 4 is 17.5 Å². The number of unbranched alkanes of at least 4 members (excludes halogenated alkanes) is 1. The van der Waals surface area contributed by atoms with E-state index in [1.807, 2.05) is 38.1 Å². The van der Waals surface area contributed by atoms with E-state index in [9.17, 15) is 9.59 Å². The molecule has 0 atom stereocenters. The highest BCUT2D eigenvalue weighted by Crippen LogP contribution is 2.26. The SMILES string of the molecule is CCCCc1ccc(NC(=O)C(=O)NC(C)(C)CC(C)(C)C)cc1. The molecule has 1 rings (SSSR count). The van der Waals surface area contributed by atoms with Gasteiger partial charge in [0, 0.05) is 11.2 Å². The van der Waals surface area contributed by atoms with Crippen LogP contribution < -0.4 is 10.6 Å². The van der Waals surface area contributed by atoms with Crippen molar-refractivity contribution < 1.29 is 9.59 Å². The summed E-state index contributed by atoms with van der Waals surface area (Å²) in [7, 11) is 0. The van der Waals surface area contributed by atoms with Gasteiger partial charge in [-0.1, -0.05) is 46.2 Å². The third-order valence-electron chi connectivity index (χ3n) is 3.66. The zero-order valence-corrected chi connectivity index (χ0v) is 16.0. The summed E-state index contributed by atoms with van der Waals surface area (Å²) < 4.78 is 0. The van der Waals surface area contributed by atoms with Crippen LogP contribution in [0, 0.1) is 5.41 Å². The number of benzene rings is 1. The molecule has 4 heteroatoms. The molecule has 2 N–H and O–H groups in total. The number of carbonyl (C=O) groups excluding carboxylic acids is 2. The van der Waals surface area contributed by atoms with Crippen LogP contribution in [0.3, 0.4) is 0 Å². The van der Waals surface area contributed by atoms with Crippen molar-refractivity contribution in [1.29, 1.82) is 0 Å². The zero-order chi connectivity index (χ0) is 18.4. The Kier molecular flexibility index (Phi) is 7.00. The van der Waals surface area contributed by atoms with Crippen molar-refractivity contribution in [3.63, 3.8) is 0 Å². The monoisotopic (exact) mass is 332 g/mol. The third kappa shape index (κ3) is 7.62. The molecule has 0 aliphatic rings.